The van der Waals surface area contributed by atoms with E-state index in [2.05, 4.69) is 38.5 Å². The second-order valence-electron chi connectivity index (χ2n) is 9.21. The van der Waals surface area contributed by atoms with E-state index < -0.39 is 17.6 Å². The molecule has 2 aliphatic heterocycles. The van der Waals surface area contributed by atoms with E-state index in [1.807, 2.05) is 12.1 Å². The van der Waals surface area contributed by atoms with Gasteiger partial charge in [-0.3, -0.25) is 4.79 Å². The number of carbonyl (C=O) groups is 1. The summed E-state index contributed by atoms with van der Waals surface area (Å²) in [5.74, 6) is 0.378. The molecule has 2 aliphatic rings. The minimum absolute atomic E-state index is 0.0607. The molecule has 0 saturated carbocycles. The van der Waals surface area contributed by atoms with Crippen molar-refractivity contribution in [1.29, 1.82) is 0 Å². The molecule has 11 heteroatoms. The highest BCUT2D eigenvalue weighted by atomic mass is 19.4. The summed E-state index contributed by atoms with van der Waals surface area (Å²) in [6.07, 6.45) is -3.88. The number of rotatable bonds is 4. The molecule has 8 nitrogen and oxygen atoms in total. The molecule has 1 N–H and O–H groups in total. The Hall–Kier alpha value is -3.60. The van der Waals surface area contributed by atoms with Crippen molar-refractivity contribution in [2.75, 3.05) is 44.7 Å². The normalized spacial score (nSPS) is 18.5. The molecule has 3 heterocycles. The lowest BCUT2D eigenvalue weighted by Crippen LogP contribution is -2.46. The number of nitrogens with one attached hydrogen (secondary N) is 1. The van der Waals surface area contributed by atoms with Gasteiger partial charge >= 0.3 is 6.18 Å². The maximum atomic E-state index is 13.1. The van der Waals surface area contributed by atoms with Crippen LogP contribution in [0.1, 0.15) is 27.3 Å². The quantitative estimate of drug-likeness (QED) is 0.594. The third-order valence-corrected chi connectivity index (χ3v) is 6.71. The first-order valence-corrected chi connectivity index (χ1v) is 11.8. The Morgan fingerprint density at radius 2 is 1.86 bits per heavy atom. The number of piperazine rings is 1. The smallest absolute Gasteiger partial charge is 0.416 e. The largest absolute Gasteiger partial charge is 0.491 e. The monoisotopic (exact) mass is 500 g/mol. The number of hydrogen-bond acceptors (Lipinski definition) is 6. The molecular formula is C25H27F3N6O2. The van der Waals surface area contributed by atoms with E-state index in [-0.39, 0.29) is 17.4 Å². The molecule has 0 unspecified atom stereocenters. The van der Waals surface area contributed by atoms with Gasteiger partial charge in [0.15, 0.2) is 5.69 Å². The van der Waals surface area contributed by atoms with Gasteiger partial charge < -0.3 is 19.9 Å². The van der Waals surface area contributed by atoms with Gasteiger partial charge in [0, 0.05) is 43.9 Å². The Labute approximate surface area is 206 Å². The van der Waals surface area contributed by atoms with Crippen molar-refractivity contribution in [2.45, 2.75) is 25.6 Å². The minimum Gasteiger partial charge on any atom is -0.491 e. The zero-order chi connectivity index (χ0) is 25.4. The van der Waals surface area contributed by atoms with Crippen LogP contribution in [-0.2, 0) is 12.6 Å². The summed E-state index contributed by atoms with van der Waals surface area (Å²) in [6.45, 7) is 5.71. The van der Waals surface area contributed by atoms with Crippen LogP contribution in [0.4, 0.5) is 18.9 Å². The molecule has 190 valence electrons. The van der Waals surface area contributed by atoms with Crippen molar-refractivity contribution in [3.05, 3.63) is 65.0 Å². The number of benzene rings is 2. The Morgan fingerprint density at radius 3 is 2.61 bits per heavy atom. The molecule has 0 bridgehead atoms. The highest BCUT2D eigenvalue weighted by molar-refractivity contribution is 5.93. The standard InChI is InChI=1S/C25H27F3N6O2/c1-16-23(30-31-34(16)19-6-3-5-17(13-19)25(26,27)28)24(35)29-18-14-20-21(7-4-8-22(20)36-15-18)33-11-9-32(2)10-12-33/h3-8,13,18H,9-12,14-15H2,1-2H3,(H,29,35)/t18-/m0/s1. The van der Waals surface area contributed by atoms with Gasteiger partial charge in [0.2, 0.25) is 0 Å². The van der Waals surface area contributed by atoms with Crippen molar-refractivity contribution < 1.29 is 22.7 Å². The lowest BCUT2D eigenvalue weighted by Gasteiger charge is -2.37. The number of likely N-dealkylation sites (N-methyl/N-ethyl adjacent to an activating group) is 1. The van der Waals surface area contributed by atoms with Crippen molar-refractivity contribution in [1.82, 2.24) is 25.2 Å². The van der Waals surface area contributed by atoms with Crippen LogP contribution >= 0.6 is 0 Å². The van der Waals surface area contributed by atoms with Crippen LogP contribution in [0.2, 0.25) is 0 Å². The third-order valence-electron chi connectivity index (χ3n) is 6.71. The van der Waals surface area contributed by atoms with Crippen LogP contribution in [0, 0.1) is 6.92 Å². The minimum atomic E-state index is -4.48. The molecule has 1 saturated heterocycles. The summed E-state index contributed by atoms with van der Waals surface area (Å²) in [6, 6.07) is 10.5. The first-order valence-electron chi connectivity index (χ1n) is 11.8. The molecule has 0 aliphatic carbocycles. The molecule has 1 aromatic heterocycles. The number of carbonyl (C=O) groups excluding carboxylic acids is 1. The zero-order valence-corrected chi connectivity index (χ0v) is 20.0. The van der Waals surface area contributed by atoms with E-state index in [1.165, 1.54) is 16.8 Å². The van der Waals surface area contributed by atoms with Gasteiger partial charge in [-0.1, -0.05) is 17.3 Å². The Kier molecular flexibility index (Phi) is 6.33. The predicted octanol–water partition coefficient (Wildman–Crippen LogP) is 3.08. The second kappa shape index (κ2) is 9.45. The first-order chi connectivity index (χ1) is 17.2. The van der Waals surface area contributed by atoms with Gasteiger partial charge in [0.1, 0.15) is 12.4 Å². The molecule has 3 aromatic rings. The number of amides is 1. The Balaban J connectivity index is 1.32. The molecule has 1 amide bonds. The maximum absolute atomic E-state index is 13.1. The topological polar surface area (TPSA) is 75.5 Å². The average Bonchev–Trinajstić information content (AvgIpc) is 3.25. The molecule has 1 atom stereocenters. The number of ether oxygens (including phenoxy) is 1. The van der Waals surface area contributed by atoms with E-state index >= 15 is 0 Å². The van der Waals surface area contributed by atoms with E-state index in [0.29, 0.717) is 18.7 Å². The summed E-state index contributed by atoms with van der Waals surface area (Å²) >= 11 is 0. The number of hydrogen-bond donors (Lipinski definition) is 1. The lowest BCUT2D eigenvalue weighted by molar-refractivity contribution is -0.137. The van der Waals surface area contributed by atoms with Gasteiger partial charge in [0.25, 0.3) is 5.91 Å². The van der Waals surface area contributed by atoms with Crippen LogP contribution < -0.4 is 15.0 Å². The molecule has 36 heavy (non-hydrogen) atoms. The van der Waals surface area contributed by atoms with Gasteiger partial charge in [-0.05, 0) is 44.3 Å². The fraction of sp³-hybridized carbons (Fsp3) is 0.400. The molecule has 0 spiro atoms. The number of nitrogens with zero attached hydrogens (tertiary/aromatic N) is 5. The lowest BCUT2D eigenvalue weighted by atomic mass is 9.99. The molecular weight excluding hydrogens is 473 g/mol. The van der Waals surface area contributed by atoms with Crippen LogP contribution in [0.25, 0.3) is 5.69 Å². The van der Waals surface area contributed by atoms with Crippen molar-refractivity contribution >= 4 is 11.6 Å². The van der Waals surface area contributed by atoms with Crippen LogP contribution in [0.5, 0.6) is 5.75 Å². The Bertz CT molecular complexity index is 1270. The summed E-state index contributed by atoms with van der Waals surface area (Å²) in [5, 5.41) is 10.9. The highest BCUT2D eigenvalue weighted by Gasteiger charge is 2.31. The van der Waals surface area contributed by atoms with Crippen molar-refractivity contribution in [3.63, 3.8) is 0 Å². The molecule has 5 rings (SSSR count). The van der Waals surface area contributed by atoms with E-state index in [1.54, 1.807) is 6.92 Å². The maximum Gasteiger partial charge on any atom is 0.416 e. The van der Waals surface area contributed by atoms with Crippen molar-refractivity contribution in [2.24, 2.45) is 0 Å². The number of alkyl halides is 3. The van der Waals surface area contributed by atoms with Crippen LogP contribution in [0.15, 0.2) is 42.5 Å². The molecule has 1 fully saturated rings. The average molecular weight is 501 g/mol. The molecule has 2 aromatic carbocycles. The first kappa shape index (κ1) is 24.1. The fourth-order valence-electron chi connectivity index (χ4n) is 4.68. The van der Waals surface area contributed by atoms with Gasteiger partial charge in [0.05, 0.1) is 23.0 Å². The number of halogens is 3. The zero-order valence-electron chi connectivity index (χ0n) is 20.0. The Morgan fingerprint density at radius 1 is 1.11 bits per heavy atom. The van der Waals surface area contributed by atoms with Gasteiger partial charge in [-0.15, -0.1) is 5.10 Å². The number of aromatic nitrogens is 3. The summed E-state index contributed by atoms with van der Waals surface area (Å²) in [7, 11) is 2.11. The number of fused-ring (bicyclic) bond motifs is 1. The number of anilines is 1. The summed E-state index contributed by atoms with van der Waals surface area (Å²) in [5.41, 5.74) is 1.97. The van der Waals surface area contributed by atoms with Gasteiger partial charge in [-0.2, -0.15) is 13.2 Å². The van der Waals surface area contributed by atoms with E-state index in [9.17, 15) is 18.0 Å². The third kappa shape index (κ3) is 4.75. The SMILES string of the molecule is Cc1c(C(=O)N[C@@H]2COc3cccc(N4CCN(C)CC4)c3C2)nnn1-c1cccc(C(F)(F)F)c1. The van der Waals surface area contributed by atoms with Crippen LogP contribution in [-0.4, -0.2) is 71.7 Å². The summed E-state index contributed by atoms with van der Waals surface area (Å²) < 4.78 is 46.6. The van der Waals surface area contributed by atoms with Gasteiger partial charge in [-0.25, -0.2) is 4.68 Å². The second-order valence-corrected chi connectivity index (χ2v) is 9.21. The summed E-state index contributed by atoms with van der Waals surface area (Å²) in [4.78, 5) is 17.7. The predicted molar refractivity (Wildman–Crippen MR) is 128 cm³/mol. The highest BCUT2D eigenvalue weighted by Crippen LogP contribution is 2.34. The van der Waals surface area contributed by atoms with Crippen LogP contribution in [0.3, 0.4) is 0 Å². The van der Waals surface area contributed by atoms with E-state index in [4.69, 9.17) is 4.74 Å². The molecule has 0 radical (unpaired) electrons. The fourth-order valence-corrected chi connectivity index (χ4v) is 4.68. The van der Waals surface area contributed by atoms with Crippen molar-refractivity contribution in [3.8, 4) is 11.4 Å². The van der Waals surface area contributed by atoms with E-state index in [0.717, 1.165) is 55.3 Å².